The molecule has 3 aromatic carbocycles. The summed E-state index contributed by atoms with van der Waals surface area (Å²) in [5.41, 5.74) is 4.68. The maximum Gasteiger partial charge on any atom is 0.573 e. The van der Waals surface area contributed by atoms with Crippen molar-refractivity contribution in [3.05, 3.63) is 90.3 Å². The molecule has 0 saturated carbocycles. The Morgan fingerprint density at radius 1 is 0.951 bits per heavy atom. The van der Waals surface area contributed by atoms with E-state index < -0.39 is 6.36 Å². The van der Waals surface area contributed by atoms with Crippen molar-refractivity contribution in [2.24, 2.45) is 10.2 Å². The van der Waals surface area contributed by atoms with Crippen LogP contribution in [0.15, 0.2) is 89.3 Å². The summed E-state index contributed by atoms with van der Waals surface area (Å²) in [7, 11) is 0. The average molecular weight is 579 g/mol. The van der Waals surface area contributed by atoms with Crippen molar-refractivity contribution in [3.63, 3.8) is 0 Å². The summed E-state index contributed by atoms with van der Waals surface area (Å²) >= 11 is 1.71. The summed E-state index contributed by atoms with van der Waals surface area (Å²) in [6, 6.07) is 21.5. The molecule has 0 aliphatic carbocycles. The van der Waals surface area contributed by atoms with Crippen molar-refractivity contribution in [3.8, 4) is 22.8 Å². The summed E-state index contributed by atoms with van der Waals surface area (Å²) in [5, 5.41) is 14.3. The minimum absolute atomic E-state index is 0.00963. The highest BCUT2D eigenvalue weighted by Gasteiger charge is 2.31. The highest BCUT2D eigenvalue weighted by atomic mass is 32.2. The van der Waals surface area contributed by atoms with E-state index in [1.807, 2.05) is 24.3 Å². The molecule has 2 heterocycles. The Morgan fingerprint density at radius 3 is 2.39 bits per heavy atom. The van der Waals surface area contributed by atoms with Crippen molar-refractivity contribution in [1.82, 2.24) is 14.8 Å². The first kappa shape index (κ1) is 28.4. The molecule has 11 heteroatoms. The molecular formula is C30H29F3N6OS. The fourth-order valence-electron chi connectivity index (χ4n) is 4.39. The van der Waals surface area contributed by atoms with Crippen LogP contribution in [0.5, 0.6) is 5.75 Å². The number of aromatic nitrogens is 3. The van der Waals surface area contributed by atoms with E-state index in [4.69, 9.17) is 0 Å². The third-order valence-corrected chi connectivity index (χ3v) is 7.39. The normalized spacial score (nSPS) is 15.6. The lowest BCUT2D eigenvalue weighted by atomic mass is 9.85. The van der Waals surface area contributed by atoms with Crippen LogP contribution in [0.25, 0.3) is 17.1 Å². The molecule has 4 aromatic rings. The van der Waals surface area contributed by atoms with E-state index >= 15 is 0 Å². The minimum atomic E-state index is -4.74. The van der Waals surface area contributed by atoms with Crippen LogP contribution in [0.4, 0.5) is 18.9 Å². The molecule has 212 valence electrons. The molecular weight excluding hydrogens is 549 g/mol. The highest BCUT2D eigenvalue weighted by molar-refractivity contribution is 8.14. The molecule has 0 amide bonds. The number of amidine groups is 1. The number of anilines is 1. The van der Waals surface area contributed by atoms with Crippen molar-refractivity contribution in [1.29, 1.82) is 0 Å². The molecule has 5 rings (SSSR count). The van der Waals surface area contributed by atoms with Gasteiger partial charge in [0.25, 0.3) is 0 Å². The first-order valence-electron chi connectivity index (χ1n) is 13.1. The molecule has 1 fully saturated rings. The molecule has 0 atom stereocenters. The number of ether oxygens (including phenoxy) is 1. The Labute approximate surface area is 240 Å². The van der Waals surface area contributed by atoms with Gasteiger partial charge in [0.15, 0.2) is 11.0 Å². The topological polar surface area (TPSA) is 67.9 Å². The summed E-state index contributed by atoms with van der Waals surface area (Å²) in [4.78, 5) is 6.59. The lowest BCUT2D eigenvalue weighted by molar-refractivity contribution is -0.274. The first-order valence-corrected chi connectivity index (χ1v) is 14.0. The SMILES string of the molecule is CC(C)(C)c1ccccc1N1CCCS/C1=N\N=C\c1ccc(-c2ncn(-c3ccc(OC(F)(F)F)cc3)n2)cc1. The molecule has 0 radical (unpaired) electrons. The summed E-state index contributed by atoms with van der Waals surface area (Å²) in [6.45, 7) is 7.55. The maximum absolute atomic E-state index is 12.4. The van der Waals surface area contributed by atoms with Crippen LogP contribution in [0, 0.1) is 0 Å². The fourth-order valence-corrected chi connectivity index (χ4v) is 5.30. The van der Waals surface area contributed by atoms with Crippen LogP contribution < -0.4 is 9.64 Å². The molecule has 0 bridgehead atoms. The quantitative estimate of drug-likeness (QED) is 0.175. The lowest BCUT2D eigenvalue weighted by Gasteiger charge is -2.33. The van der Waals surface area contributed by atoms with Gasteiger partial charge in [0, 0.05) is 23.5 Å². The number of hydrogen-bond donors (Lipinski definition) is 0. The molecule has 1 saturated heterocycles. The number of benzene rings is 3. The Balaban J connectivity index is 1.28. The van der Waals surface area contributed by atoms with Crippen LogP contribution >= 0.6 is 11.8 Å². The molecule has 41 heavy (non-hydrogen) atoms. The van der Waals surface area contributed by atoms with Crippen molar-refractivity contribution >= 4 is 28.8 Å². The van der Waals surface area contributed by atoms with Gasteiger partial charge in [0.2, 0.25) is 0 Å². The van der Waals surface area contributed by atoms with E-state index in [0.29, 0.717) is 11.5 Å². The van der Waals surface area contributed by atoms with Gasteiger partial charge in [-0.3, -0.25) is 0 Å². The van der Waals surface area contributed by atoms with Gasteiger partial charge in [-0.25, -0.2) is 9.67 Å². The molecule has 7 nitrogen and oxygen atoms in total. The molecule has 1 aromatic heterocycles. The van der Waals surface area contributed by atoms with Crippen molar-refractivity contribution < 1.29 is 17.9 Å². The number of thioether (sulfide) groups is 1. The highest BCUT2D eigenvalue weighted by Crippen LogP contribution is 2.35. The molecule has 0 unspecified atom stereocenters. The van der Waals surface area contributed by atoms with Gasteiger partial charge in [-0.15, -0.1) is 23.4 Å². The molecule has 1 aliphatic rings. The minimum Gasteiger partial charge on any atom is -0.406 e. The Kier molecular flexibility index (Phi) is 8.16. The number of halogens is 3. The second-order valence-corrected chi connectivity index (χ2v) is 11.5. The zero-order chi connectivity index (χ0) is 29.0. The molecule has 0 N–H and O–H groups in total. The standard InChI is InChI=1S/C30H29F3N6OS/c1-29(2,3)25-7-4-5-8-26(25)38-17-6-18-41-28(38)36-35-19-21-9-11-22(12-10-21)27-34-20-39(37-27)23-13-15-24(16-14-23)40-30(31,32)33/h4-5,7-16,19-20H,6,17-18H2,1-3H3/b35-19+,36-28-. The van der Waals surface area contributed by atoms with E-state index in [1.54, 1.807) is 18.0 Å². The fraction of sp³-hybridized carbons (Fsp3) is 0.267. The van der Waals surface area contributed by atoms with Gasteiger partial charge in [-0.1, -0.05) is 75.0 Å². The predicted octanol–water partition coefficient (Wildman–Crippen LogP) is 7.46. The molecule has 1 aliphatic heterocycles. The Hall–Kier alpha value is -4.12. The van der Waals surface area contributed by atoms with Gasteiger partial charge >= 0.3 is 6.36 Å². The number of alkyl halides is 3. The van der Waals surface area contributed by atoms with E-state index in [0.717, 1.165) is 35.0 Å². The summed E-state index contributed by atoms with van der Waals surface area (Å²) in [6.07, 6.45) is -0.434. The zero-order valence-electron chi connectivity index (χ0n) is 22.8. The van der Waals surface area contributed by atoms with Gasteiger partial charge in [-0.2, -0.15) is 5.10 Å². The van der Waals surface area contributed by atoms with E-state index in [1.165, 1.54) is 46.5 Å². The van der Waals surface area contributed by atoms with Crippen LogP contribution in [-0.4, -0.2) is 44.8 Å². The summed E-state index contributed by atoms with van der Waals surface area (Å²) in [5.74, 6) is 1.19. The monoisotopic (exact) mass is 578 g/mol. The second kappa shape index (κ2) is 11.8. The predicted molar refractivity (Wildman–Crippen MR) is 158 cm³/mol. The van der Waals surface area contributed by atoms with Gasteiger partial charge in [0.05, 0.1) is 11.9 Å². The zero-order valence-corrected chi connectivity index (χ0v) is 23.7. The number of para-hydroxylation sites is 1. The number of hydrogen-bond acceptors (Lipinski definition) is 6. The number of nitrogens with zero attached hydrogens (tertiary/aromatic N) is 6. The first-order chi connectivity index (χ1) is 19.6. The second-order valence-electron chi connectivity index (χ2n) is 10.4. The largest absolute Gasteiger partial charge is 0.573 e. The Bertz CT molecular complexity index is 1540. The van der Waals surface area contributed by atoms with Gasteiger partial charge in [-0.05, 0) is 53.3 Å². The van der Waals surface area contributed by atoms with E-state index in [-0.39, 0.29) is 11.2 Å². The van der Waals surface area contributed by atoms with Crippen molar-refractivity contribution in [2.75, 3.05) is 17.2 Å². The van der Waals surface area contributed by atoms with Crippen LogP contribution in [0.1, 0.15) is 38.3 Å². The maximum atomic E-state index is 12.4. The average Bonchev–Trinajstić information content (AvgIpc) is 3.43. The summed E-state index contributed by atoms with van der Waals surface area (Å²) < 4.78 is 42.6. The van der Waals surface area contributed by atoms with Gasteiger partial charge < -0.3 is 9.64 Å². The van der Waals surface area contributed by atoms with Crippen molar-refractivity contribution in [2.45, 2.75) is 39.0 Å². The van der Waals surface area contributed by atoms with E-state index in [9.17, 15) is 13.2 Å². The molecule has 0 spiro atoms. The van der Waals surface area contributed by atoms with Gasteiger partial charge in [0.1, 0.15) is 12.1 Å². The third kappa shape index (κ3) is 7.15. The smallest absolute Gasteiger partial charge is 0.406 e. The van der Waals surface area contributed by atoms with Crippen LogP contribution in [0.3, 0.4) is 0 Å². The van der Waals surface area contributed by atoms with Crippen LogP contribution in [0.2, 0.25) is 0 Å². The lowest BCUT2D eigenvalue weighted by Crippen LogP contribution is -2.35. The number of rotatable bonds is 6. The van der Waals surface area contributed by atoms with E-state index in [2.05, 4.69) is 75.0 Å². The van der Waals surface area contributed by atoms with Crippen LogP contribution in [-0.2, 0) is 5.41 Å². The Morgan fingerprint density at radius 2 is 1.68 bits per heavy atom. The third-order valence-electron chi connectivity index (χ3n) is 6.34.